The maximum absolute atomic E-state index is 11.7. The molecule has 0 aliphatic carbocycles. The van der Waals surface area contributed by atoms with Crippen LogP contribution in [-0.4, -0.2) is 10.8 Å². The minimum absolute atomic E-state index is 0.266. The quantitative estimate of drug-likeness (QED) is 0.568. The fourth-order valence-corrected chi connectivity index (χ4v) is 1.44. The molecule has 2 rings (SSSR count). The van der Waals surface area contributed by atoms with E-state index in [2.05, 4.69) is 16.8 Å². The van der Waals surface area contributed by atoms with Crippen LogP contribution in [-0.2, 0) is 0 Å². The molecule has 0 amide bonds. The Morgan fingerprint density at radius 1 is 1.18 bits per heavy atom. The lowest BCUT2D eigenvalue weighted by Crippen LogP contribution is -1.95. The van der Waals surface area contributed by atoms with Crippen LogP contribution in [0.1, 0.15) is 15.9 Å². The molecule has 1 aromatic carbocycles. The van der Waals surface area contributed by atoms with Crippen molar-refractivity contribution in [2.75, 3.05) is 0 Å². The van der Waals surface area contributed by atoms with Crippen molar-refractivity contribution in [2.24, 2.45) is 0 Å². The molecule has 1 heterocycles. The van der Waals surface area contributed by atoms with Crippen LogP contribution in [0.5, 0.6) is 0 Å². The third kappa shape index (κ3) is 2.93. The molecule has 0 unspecified atom stereocenters. The first kappa shape index (κ1) is 11.4. The highest BCUT2D eigenvalue weighted by atomic mass is 35.5. The molecule has 0 aliphatic rings. The lowest BCUT2D eigenvalue weighted by Gasteiger charge is -1.93. The van der Waals surface area contributed by atoms with Crippen molar-refractivity contribution in [1.82, 2.24) is 4.98 Å². The predicted molar refractivity (Wildman–Crippen MR) is 66.9 cm³/mol. The summed E-state index contributed by atoms with van der Waals surface area (Å²) >= 11 is 5.93. The molecule has 0 saturated heterocycles. The second-order valence-electron chi connectivity index (χ2n) is 3.30. The summed E-state index contributed by atoms with van der Waals surface area (Å²) in [7, 11) is 0. The van der Waals surface area contributed by atoms with Crippen LogP contribution < -0.4 is 0 Å². The van der Waals surface area contributed by atoms with Gasteiger partial charge in [-0.3, -0.25) is 9.78 Å². The number of Topliss-reactive ketones (excluding diaryl/α,β-unsaturated/α-hetero) is 1. The van der Waals surface area contributed by atoms with Gasteiger partial charge >= 0.3 is 0 Å². The summed E-state index contributed by atoms with van der Waals surface area (Å²) in [6, 6.07) is 10.5. The van der Waals surface area contributed by atoms with Gasteiger partial charge in [-0.05, 0) is 30.2 Å². The first-order chi connectivity index (χ1) is 8.27. The molecular formula is C14H8ClNO. The number of hydrogen-bond donors (Lipinski definition) is 0. The number of benzene rings is 1. The number of halogens is 1. The van der Waals surface area contributed by atoms with E-state index >= 15 is 0 Å². The summed E-state index contributed by atoms with van der Waals surface area (Å²) in [6.45, 7) is 0. The zero-order valence-electron chi connectivity index (χ0n) is 8.85. The molecule has 2 aromatic rings. The summed E-state index contributed by atoms with van der Waals surface area (Å²) in [4.78, 5) is 15.5. The molecule has 17 heavy (non-hydrogen) atoms. The Hall–Kier alpha value is -2.11. The van der Waals surface area contributed by atoms with Crippen LogP contribution in [0, 0.1) is 11.8 Å². The maximum Gasteiger partial charge on any atom is 0.237 e. The molecule has 0 fully saturated rings. The van der Waals surface area contributed by atoms with E-state index < -0.39 is 0 Å². The zero-order chi connectivity index (χ0) is 12.1. The number of carbonyl (C=O) groups excluding carboxylic acids is 1. The van der Waals surface area contributed by atoms with E-state index in [0.717, 1.165) is 0 Å². The Kier molecular flexibility index (Phi) is 3.54. The van der Waals surface area contributed by atoms with Crippen molar-refractivity contribution in [3.63, 3.8) is 0 Å². The summed E-state index contributed by atoms with van der Waals surface area (Å²) in [5.41, 5.74) is 1.12. The van der Waals surface area contributed by atoms with Gasteiger partial charge < -0.3 is 0 Å². The molecule has 82 valence electrons. The van der Waals surface area contributed by atoms with Crippen LogP contribution in [0.3, 0.4) is 0 Å². The molecule has 0 radical (unpaired) electrons. The lowest BCUT2D eigenvalue weighted by atomic mass is 10.1. The first-order valence-corrected chi connectivity index (χ1v) is 5.36. The summed E-state index contributed by atoms with van der Waals surface area (Å²) < 4.78 is 0. The molecule has 0 N–H and O–H groups in total. The molecule has 0 bridgehead atoms. The monoisotopic (exact) mass is 241 g/mol. The van der Waals surface area contributed by atoms with Gasteiger partial charge in [0.05, 0.1) is 5.02 Å². The van der Waals surface area contributed by atoms with Crippen LogP contribution in [0.15, 0.2) is 48.8 Å². The van der Waals surface area contributed by atoms with Crippen molar-refractivity contribution in [3.8, 4) is 11.8 Å². The molecule has 0 saturated carbocycles. The fraction of sp³-hybridized carbons (Fsp3) is 0. The molecule has 1 aromatic heterocycles. The Balaban J connectivity index is 2.24. The minimum Gasteiger partial charge on any atom is -0.279 e. The Bertz CT molecular complexity index is 596. The zero-order valence-corrected chi connectivity index (χ0v) is 9.61. The number of hydrogen-bond acceptors (Lipinski definition) is 2. The maximum atomic E-state index is 11.7. The van der Waals surface area contributed by atoms with Gasteiger partial charge in [-0.15, -0.1) is 0 Å². The van der Waals surface area contributed by atoms with Gasteiger partial charge in [-0.1, -0.05) is 29.7 Å². The summed E-state index contributed by atoms with van der Waals surface area (Å²) in [5.74, 6) is 5.03. The molecule has 3 heteroatoms. The van der Waals surface area contributed by atoms with Gasteiger partial charge in [0.15, 0.2) is 0 Å². The Morgan fingerprint density at radius 2 is 2.00 bits per heavy atom. The molecule has 0 spiro atoms. The fourth-order valence-electron chi connectivity index (χ4n) is 1.26. The third-order valence-corrected chi connectivity index (χ3v) is 2.44. The van der Waals surface area contributed by atoms with Gasteiger partial charge in [-0.2, -0.15) is 0 Å². The SMILES string of the molecule is O=C(C#Cc1ccccc1Cl)c1cccnc1. The number of nitrogens with zero attached hydrogens (tertiary/aromatic N) is 1. The van der Waals surface area contributed by atoms with Crippen LogP contribution in [0.4, 0.5) is 0 Å². The van der Waals surface area contributed by atoms with Crippen molar-refractivity contribution < 1.29 is 4.79 Å². The minimum atomic E-state index is -0.266. The van der Waals surface area contributed by atoms with Crippen LogP contribution in [0.25, 0.3) is 0 Å². The standard InChI is InChI=1S/C14H8ClNO/c15-13-6-2-1-4-11(13)7-8-14(17)12-5-3-9-16-10-12/h1-6,9-10H. The second kappa shape index (κ2) is 5.29. The number of carbonyl (C=O) groups is 1. The van der Waals surface area contributed by atoms with Crippen LogP contribution >= 0.6 is 11.6 Å². The average Bonchev–Trinajstić information content (AvgIpc) is 2.38. The van der Waals surface area contributed by atoms with E-state index in [4.69, 9.17) is 11.6 Å². The highest BCUT2D eigenvalue weighted by Gasteiger charge is 2.00. The van der Waals surface area contributed by atoms with Crippen molar-refractivity contribution in [1.29, 1.82) is 0 Å². The molecule has 2 nitrogen and oxygen atoms in total. The van der Waals surface area contributed by atoms with Crippen LogP contribution in [0.2, 0.25) is 5.02 Å². The number of aromatic nitrogens is 1. The van der Waals surface area contributed by atoms with E-state index in [1.165, 1.54) is 6.20 Å². The third-order valence-electron chi connectivity index (χ3n) is 2.11. The van der Waals surface area contributed by atoms with Gasteiger partial charge in [0.2, 0.25) is 5.78 Å². The Labute approximate surface area is 104 Å². The van der Waals surface area contributed by atoms with E-state index in [1.54, 1.807) is 30.5 Å². The number of ketones is 1. The van der Waals surface area contributed by atoms with E-state index in [9.17, 15) is 4.79 Å². The van der Waals surface area contributed by atoms with Gasteiger partial charge in [0, 0.05) is 23.5 Å². The number of pyridine rings is 1. The molecule has 0 aliphatic heterocycles. The van der Waals surface area contributed by atoms with Crippen molar-refractivity contribution in [2.45, 2.75) is 0 Å². The smallest absolute Gasteiger partial charge is 0.237 e. The van der Waals surface area contributed by atoms with Crippen molar-refractivity contribution >= 4 is 17.4 Å². The highest BCUT2D eigenvalue weighted by Crippen LogP contribution is 2.13. The van der Waals surface area contributed by atoms with E-state index in [0.29, 0.717) is 16.1 Å². The van der Waals surface area contributed by atoms with E-state index in [1.807, 2.05) is 12.1 Å². The van der Waals surface area contributed by atoms with Gasteiger partial charge in [0.1, 0.15) is 0 Å². The molecule has 0 atom stereocenters. The van der Waals surface area contributed by atoms with E-state index in [-0.39, 0.29) is 5.78 Å². The largest absolute Gasteiger partial charge is 0.279 e. The first-order valence-electron chi connectivity index (χ1n) is 4.98. The van der Waals surface area contributed by atoms with Gasteiger partial charge in [-0.25, -0.2) is 0 Å². The normalized spacial score (nSPS) is 9.24. The topological polar surface area (TPSA) is 30.0 Å². The molecular weight excluding hydrogens is 234 g/mol. The average molecular weight is 242 g/mol. The summed E-state index contributed by atoms with van der Waals surface area (Å²) in [5, 5.41) is 0.541. The summed E-state index contributed by atoms with van der Waals surface area (Å²) in [6.07, 6.45) is 3.10. The van der Waals surface area contributed by atoms with Gasteiger partial charge in [0.25, 0.3) is 0 Å². The Morgan fingerprint density at radius 3 is 2.71 bits per heavy atom. The second-order valence-corrected chi connectivity index (χ2v) is 3.71. The predicted octanol–water partition coefficient (Wildman–Crippen LogP) is 2.97. The highest BCUT2D eigenvalue weighted by molar-refractivity contribution is 6.31. The lowest BCUT2D eigenvalue weighted by molar-refractivity contribution is 0.105. The van der Waals surface area contributed by atoms with Crippen molar-refractivity contribution in [3.05, 3.63) is 64.9 Å². The number of rotatable bonds is 1.